The number of carboxylic acids is 1. The maximum atomic E-state index is 13.3. The number of aliphatic carboxylic acids is 1. The van der Waals surface area contributed by atoms with Crippen LogP contribution in [0.25, 0.3) is 0 Å². The lowest BCUT2D eigenvalue weighted by Gasteiger charge is -2.25. The van der Waals surface area contributed by atoms with Crippen molar-refractivity contribution in [3.63, 3.8) is 0 Å². The highest BCUT2D eigenvalue weighted by Crippen LogP contribution is 2.14. The summed E-state index contributed by atoms with van der Waals surface area (Å²) in [5.41, 5.74) is 6.94. The molecule has 0 heterocycles. The molecule has 0 saturated carbocycles. The number of aromatic hydroxyl groups is 2. The molecule has 0 aliphatic rings. The predicted octanol–water partition coefficient (Wildman–Crippen LogP) is -0.301. The number of benzene rings is 2. The fraction of sp³-hybridized carbons (Fsp3) is 0.333. The van der Waals surface area contributed by atoms with E-state index >= 15 is 0 Å². The Labute approximate surface area is 213 Å². The quantitative estimate of drug-likeness (QED) is 0.176. The zero-order valence-corrected chi connectivity index (χ0v) is 20.4. The van der Waals surface area contributed by atoms with E-state index in [4.69, 9.17) is 10.8 Å². The minimum atomic E-state index is -1.25. The second-order valence-electron chi connectivity index (χ2n) is 8.22. The number of phenolic OH excluding ortho intramolecular Hbond substituents is 2. The Morgan fingerprint density at radius 3 is 1.56 bits per heavy atom. The first-order chi connectivity index (χ1) is 17.0. The van der Waals surface area contributed by atoms with Crippen LogP contribution in [0.15, 0.2) is 48.5 Å². The highest BCUT2D eigenvalue weighted by atomic mass is 32.1. The zero-order chi connectivity index (χ0) is 26.8. The van der Waals surface area contributed by atoms with Crippen molar-refractivity contribution >= 4 is 36.3 Å². The first-order valence-electron chi connectivity index (χ1n) is 11.1. The number of nitrogens with one attached hydrogen (secondary N) is 3. The molecule has 0 aromatic heterocycles. The molecule has 0 radical (unpaired) electrons. The first kappa shape index (κ1) is 28.5. The number of phenols is 2. The van der Waals surface area contributed by atoms with Crippen molar-refractivity contribution in [3.8, 4) is 11.5 Å². The Balaban J connectivity index is 2.29. The highest BCUT2D eigenvalue weighted by Gasteiger charge is 2.29. The van der Waals surface area contributed by atoms with Crippen LogP contribution in [0, 0.1) is 0 Å². The Morgan fingerprint density at radius 2 is 1.17 bits per heavy atom. The van der Waals surface area contributed by atoms with E-state index in [0.717, 1.165) is 0 Å². The van der Waals surface area contributed by atoms with Gasteiger partial charge < -0.3 is 37.0 Å². The molecule has 11 nitrogen and oxygen atoms in total. The Morgan fingerprint density at radius 1 is 0.778 bits per heavy atom. The van der Waals surface area contributed by atoms with Gasteiger partial charge in [-0.15, -0.1) is 0 Å². The molecule has 0 saturated heterocycles. The molecule has 0 aliphatic carbocycles. The maximum absolute atomic E-state index is 13.3. The molecule has 4 unspecified atom stereocenters. The molecule has 2 aromatic carbocycles. The topological polar surface area (TPSA) is 191 Å². The maximum Gasteiger partial charge on any atom is 0.325 e. The van der Waals surface area contributed by atoms with Gasteiger partial charge in [-0.2, -0.15) is 12.6 Å². The fourth-order valence-corrected chi connectivity index (χ4v) is 3.33. The SMILES string of the molecule is CC(NC(=O)C(Cc1ccc(O)cc1)NC(=O)C(Cc1ccc(O)cc1)NC(=O)C(N)CS)C(=O)O. The second-order valence-corrected chi connectivity index (χ2v) is 8.59. The molecule has 12 heteroatoms. The van der Waals surface area contributed by atoms with Gasteiger partial charge in [-0.25, -0.2) is 0 Å². The van der Waals surface area contributed by atoms with Gasteiger partial charge in [0, 0.05) is 18.6 Å². The Bertz CT molecular complexity index is 1060. The summed E-state index contributed by atoms with van der Waals surface area (Å²) in [7, 11) is 0. The lowest BCUT2D eigenvalue weighted by molar-refractivity contribution is -0.141. The molecule has 0 fully saturated rings. The molecule has 2 rings (SSSR count). The van der Waals surface area contributed by atoms with Crippen LogP contribution in [0.3, 0.4) is 0 Å². The van der Waals surface area contributed by atoms with Gasteiger partial charge in [0.25, 0.3) is 0 Å². The minimum Gasteiger partial charge on any atom is -0.508 e. The molecule has 8 N–H and O–H groups in total. The number of thiol groups is 1. The van der Waals surface area contributed by atoms with Crippen molar-refractivity contribution < 1.29 is 34.5 Å². The monoisotopic (exact) mass is 518 g/mol. The normalized spacial score (nSPS) is 14.1. The second kappa shape index (κ2) is 13.4. The van der Waals surface area contributed by atoms with Crippen molar-refractivity contribution in [2.75, 3.05) is 5.75 Å². The fourth-order valence-electron chi connectivity index (χ4n) is 3.16. The molecule has 0 aliphatic heterocycles. The summed E-state index contributed by atoms with van der Waals surface area (Å²) in [6.45, 7) is 1.28. The van der Waals surface area contributed by atoms with E-state index in [1.807, 2.05) is 0 Å². The number of carbonyl (C=O) groups is 4. The van der Waals surface area contributed by atoms with E-state index in [2.05, 4.69) is 28.6 Å². The summed E-state index contributed by atoms with van der Waals surface area (Å²) in [5, 5.41) is 35.7. The summed E-state index contributed by atoms with van der Waals surface area (Å²) in [5.74, 6) is -3.24. The van der Waals surface area contributed by atoms with Gasteiger partial charge in [0.15, 0.2) is 0 Å². The number of nitrogens with two attached hydrogens (primary N) is 1. The van der Waals surface area contributed by atoms with Crippen LogP contribution in [0.1, 0.15) is 18.1 Å². The minimum absolute atomic E-state index is 0.0137. The Kier molecular flexibility index (Phi) is 10.6. The first-order valence-corrected chi connectivity index (χ1v) is 11.7. The molecule has 194 valence electrons. The zero-order valence-electron chi connectivity index (χ0n) is 19.5. The van der Waals surface area contributed by atoms with E-state index in [9.17, 15) is 29.4 Å². The predicted molar refractivity (Wildman–Crippen MR) is 135 cm³/mol. The van der Waals surface area contributed by atoms with E-state index in [1.54, 1.807) is 24.3 Å². The summed E-state index contributed by atoms with van der Waals surface area (Å²) in [4.78, 5) is 49.8. The summed E-state index contributed by atoms with van der Waals surface area (Å²) in [6.07, 6.45) is 0.0104. The van der Waals surface area contributed by atoms with Crippen molar-refractivity contribution in [1.29, 1.82) is 0 Å². The van der Waals surface area contributed by atoms with Gasteiger partial charge in [-0.1, -0.05) is 24.3 Å². The number of hydrogen-bond acceptors (Lipinski definition) is 8. The average molecular weight is 519 g/mol. The average Bonchev–Trinajstić information content (AvgIpc) is 2.84. The molecule has 2 aromatic rings. The van der Waals surface area contributed by atoms with Crippen LogP contribution in [0.2, 0.25) is 0 Å². The standard InChI is InChI=1S/C24H30N4O7S/c1-13(24(34)35)26-22(32)19(10-14-2-6-16(29)7-3-14)28-23(33)20(27-21(31)18(25)12-36)11-15-4-8-17(30)9-5-15/h2-9,13,18-20,29-30,36H,10-12,25H2,1H3,(H,26,32)(H,27,31)(H,28,33)(H,34,35). The van der Waals surface area contributed by atoms with Gasteiger partial charge in [-0.3, -0.25) is 19.2 Å². The summed E-state index contributed by atoms with van der Waals surface area (Å²) >= 11 is 4.00. The molecule has 0 spiro atoms. The molecular formula is C24H30N4O7S. The van der Waals surface area contributed by atoms with Crippen molar-refractivity contribution in [1.82, 2.24) is 16.0 Å². The lowest BCUT2D eigenvalue weighted by Crippen LogP contribution is -2.58. The number of carbonyl (C=O) groups excluding carboxylic acids is 3. The van der Waals surface area contributed by atoms with Crippen molar-refractivity contribution in [2.24, 2.45) is 5.73 Å². The van der Waals surface area contributed by atoms with Crippen LogP contribution in [-0.4, -0.2) is 68.9 Å². The number of amides is 3. The van der Waals surface area contributed by atoms with E-state index in [1.165, 1.54) is 31.2 Å². The molecule has 3 amide bonds. The molecule has 4 atom stereocenters. The van der Waals surface area contributed by atoms with E-state index in [0.29, 0.717) is 11.1 Å². The van der Waals surface area contributed by atoms with Crippen LogP contribution >= 0.6 is 12.6 Å². The number of rotatable bonds is 12. The largest absolute Gasteiger partial charge is 0.508 e. The Hall–Kier alpha value is -3.77. The molecule has 36 heavy (non-hydrogen) atoms. The van der Waals surface area contributed by atoms with Crippen molar-refractivity contribution in [3.05, 3.63) is 59.7 Å². The molecule has 0 bridgehead atoms. The van der Waals surface area contributed by atoms with Crippen LogP contribution in [0.5, 0.6) is 11.5 Å². The summed E-state index contributed by atoms with van der Waals surface area (Å²) in [6, 6.07) is 7.45. The number of hydrogen-bond donors (Lipinski definition) is 8. The van der Waals surface area contributed by atoms with E-state index < -0.39 is 47.9 Å². The molecular weight excluding hydrogens is 488 g/mol. The van der Waals surface area contributed by atoms with Crippen molar-refractivity contribution in [2.45, 2.75) is 43.9 Å². The van der Waals surface area contributed by atoms with Crippen LogP contribution < -0.4 is 21.7 Å². The van der Waals surface area contributed by atoms with Gasteiger partial charge >= 0.3 is 5.97 Å². The third kappa shape index (κ3) is 8.78. The van der Waals surface area contributed by atoms with E-state index in [-0.39, 0.29) is 30.1 Å². The number of carboxylic acid groups (broad SMARTS) is 1. The lowest BCUT2D eigenvalue weighted by atomic mass is 10.0. The highest BCUT2D eigenvalue weighted by molar-refractivity contribution is 7.80. The van der Waals surface area contributed by atoms with Gasteiger partial charge in [0.1, 0.15) is 29.6 Å². The third-order valence-corrected chi connectivity index (χ3v) is 5.67. The van der Waals surface area contributed by atoms with Gasteiger partial charge in [-0.05, 0) is 42.3 Å². The smallest absolute Gasteiger partial charge is 0.325 e. The van der Waals surface area contributed by atoms with Crippen LogP contribution in [-0.2, 0) is 32.0 Å². The van der Waals surface area contributed by atoms with Gasteiger partial charge in [0.2, 0.25) is 17.7 Å². The third-order valence-electron chi connectivity index (χ3n) is 5.28. The van der Waals surface area contributed by atoms with Crippen LogP contribution in [0.4, 0.5) is 0 Å². The van der Waals surface area contributed by atoms with Gasteiger partial charge in [0.05, 0.1) is 6.04 Å². The summed E-state index contributed by atoms with van der Waals surface area (Å²) < 4.78 is 0.